The van der Waals surface area contributed by atoms with Crippen molar-refractivity contribution in [3.8, 4) is 0 Å². The normalized spacial score (nSPS) is 25.0. The van der Waals surface area contributed by atoms with Crippen molar-refractivity contribution in [1.82, 2.24) is 0 Å². The second-order valence-corrected chi connectivity index (χ2v) is 8.39. The van der Waals surface area contributed by atoms with Crippen LogP contribution in [0.3, 0.4) is 0 Å². The summed E-state index contributed by atoms with van der Waals surface area (Å²) < 4.78 is 0. The Morgan fingerprint density at radius 3 is 1.78 bits per heavy atom. The maximum atomic E-state index is 6.73. The summed E-state index contributed by atoms with van der Waals surface area (Å²) in [7, 11) is 0. The highest BCUT2D eigenvalue weighted by molar-refractivity contribution is 5.00. The number of hydrogen-bond acceptors (Lipinski definition) is 1. The summed E-state index contributed by atoms with van der Waals surface area (Å²) in [5.74, 6) is 0. The van der Waals surface area contributed by atoms with Crippen molar-refractivity contribution in [2.24, 2.45) is 16.6 Å². The Morgan fingerprint density at radius 2 is 1.28 bits per heavy atom. The molecule has 0 saturated heterocycles. The van der Waals surface area contributed by atoms with E-state index in [1.807, 2.05) is 0 Å². The summed E-state index contributed by atoms with van der Waals surface area (Å²) in [5.41, 5.74) is 7.65. The molecule has 0 unspecified atom stereocenters. The van der Waals surface area contributed by atoms with E-state index in [1.165, 1.54) is 57.8 Å². The summed E-state index contributed by atoms with van der Waals surface area (Å²) in [6.07, 6.45) is 11.7. The monoisotopic (exact) mass is 253 g/mol. The summed E-state index contributed by atoms with van der Waals surface area (Å²) in [6.45, 7) is 11.9. The smallest absolute Gasteiger partial charge is 0.0164 e. The van der Waals surface area contributed by atoms with Crippen molar-refractivity contribution >= 4 is 0 Å². The molecule has 0 spiro atoms. The fraction of sp³-hybridized carbons (Fsp3) is 1.00. The zero-order valence-electron chi connectivity index (χ0n) is 13.4. The van der Waals surface area contributed by atoms with E-state index in [1.54, 1.807) is 0 Å². The molecule has 1 fully saturated rings. The van der Waals surface area contributed by atoms with Crippen molar-refractivity contribution in [3.05, 3.63) is 0 Å². The van der Waals surface area contributed by atoms with Gasteiger partial charge in [0.1, 0.15) is 0 Å². The van der Waals surface area contributed by atoms with Crippen molar-refractivity contribution in [2.45, 2.75) is 97.9 Å². The molecule has 0 radical (unpaired) electrons. The Hall–Kier alpha value is -0.0400. The third-order valence-corrected chi connectivity index (χ3v) is 4.40. The second kappa shape index (κ2) is 5.94. The van der Waals surface area contributed by atoms with Gasteiger partial charge in [-0.15, -0.1) is 0 Å². The Morgan fingerprint density at radius 1 is 0.778 bits per heavy atom. The third kappa shape index (κ3) is 5.30. The SMILES string of the molecule is CCCCCCCC1(N)CC(C)(C)CC(C)(C)C1. The molecule has 18 heavy (non-hydrogen) atoms. The first-order valence-corrected chi connectivity index (χ1v) is 7.97. The van der Waals surface area contributed by atoms with Gasteiger partial charge in [-0.05, 0) is 36.5 Å². The molecule has 1 rings (SSSR count). The van der Waals surface area contributed by atoms with Gasteiger partial charge in [-0.1, -0.05) is 66.7 Å². The lowest BCUT2D eigenvalue weighted by molar-refractivity contribution is 0.0431. The first kappa shape index (κ1) is 16.0. The van der Waals surface area contributed by atoms with Gasteiger partial charge in [-0.2, -0.15) is 0 Å². The first-order chi connectivity index (χ1) is 8.18. The van der Waals surface area contributed by atoms with Crippen LogP contribution >= 0.6 is 0 Å². The number of rotatable bonds is 6. The molecular formula is C17H35N. The number of nitrogens with two attached hydrogens (primary N) is 1. The Bertz CT molecular complexity index is 236. The van der Waals surface area contributed by atoms with Crippen LogP contribution in [0.15, 0.2) is 0 Å². The van der Waals surface area contributed by atoms with Crippen molar-refractivity contribution in [3.63, 3.8) is 0 Å². The van der Waals surface area contributed by atoms with Crippen LogP contribution in [0.5, 0.6) is 0 Å². The molecule has 0 aromatic heterocycles. The predicted molar refractivity (Wildman–Crippen MR) is 81.7 cm³/mol. The molecule has 0 atom stereocenters. The first-order valence-electron chi connectivity index (χ1n) is 7.97. The van der Waals surface area contributed by atoms with Crippen LogP contribution in [0.4, 0.5) is 0 Å². The highest BCUT2D eigenvalue weighted by atomic mass is 14.8. The molecule has 1 aliphatic carbocycles. The van der Waals surface area contributed by atoms with Gasteiger partial charge >= 0.3 is 0 Å². The van der Waals surface area contributed by atoms with Gasteiger partial charge in [0.15, 0.2) is 0 Å². The van der Waals surface area contributed by atoms with E-state index in [0.717, 1.165) is 0 Å². The van der Waals surface area contributed by atoms with Gasteiger partial charge in [-0.25, -0.2) is 0 Å². The zero-order chi connectivity index (χ0) is 13.9. The molecule has 1 heteroatoms. The van der Waals surface area contributed by atoms with Crippen LogP contribution in [0.1, 0.15) is 92.4 Å². The van der Waals surface area contributed by atoms with E-state index >= 15 is 0 Å². The molecule has 0 aliphatic heterocycles. The predicted octanol–water partition coefficient (Wildman–Crippen LogP) is 5.28. The quantitative estimate of drug-likeness (QED) is 0.640. The van der Waals surface area contributed by atoms with Gasteiger partial charge in [0.2, 0.25) is 0 Å². The molecular weight excluding hydrogens is 218 g/mol. The number of hydrogen-bond donors (Lipinski definition) is 1. The van der Waals surface area contributed by atoms with Crippen molar-refractivity contribution in [2.75, 3.05) is 0 Å². The number of unbranched alkanes of at least 4 members (excludes halogenated alkanes) is 4. The molecule has 1 nitrogen and oxygen atoms in total. The lowest BCUT2D eigenvalue weighted by atomic mass is 9.58. The standard InChI is InChI=1S/C17H35N/c1-6-7-8-9-10-11-17(18)13-15(2,3)12-16(4,5)14-17/h6-14,18H2,1-5H3. The highest BCUT2D eigenvalue weighted by Gasteiger charge is 2.44. The second-order valence-electron chi connectivity index (χ2n) is 8.39. The molecule has 2 N–H and O–H groups in total. The van der Waals surface area contributed by atoms with Gasteiger partial charge < -0.3 is 5.73 Å². The average Bonchev–Trinajstić information content (AvgIpc) is 2.11. The van der Waals surface area contributed by atoms with Crippen molar-refractivity contribution < 1.29 is 0 Å². The van der Waals surface area contributed by atoms with Crippen LogP contribution in [-0.2, 0) is 0 Å². The summed E-state index contributed by atoms with van der Waals surface area (Å²) in [5, 5.41) is 0. The van der Waals surface area contributed by atoms with E-state index in [2.05, 4.69) is 34.6 Å². The topological polar surface area (TPSA) is 26.0 Å². The molecule has 0 heterocycles. The van der Waals surface area contributed by atoms with Gasteiger partial charge in [0, 0.05) is 5.54 Å². The Balaban J connectivity index is 2.46. The van der Waals surface area contributed by atoms with Gasteiger partial charge in [0.05, 0.1) is 0 Å². The van der Waals surface area contributed by atoms with Crippen molar-refractivity contribution in [1.29, 1.82) is 0 Å². The lowest BCUT2D eigenvalue weighted by Gasteiger charge is -2.50. The molecule has 108 valence electrons. The van der Waals surface area contributed by atoms with Gasteiger partial charge in [-0.3, -0.25) is 0 Å². The van der Waals surface area contributed by atoms with E-state index in [-0.39, 0.29) is 5.54 Å². The summed E-state index contributed by atoms with van der Waals surface area (Å²) in [6, 6.07) is 0. The van der Waals surface area contributed by atoms with E-state index in [0.29, 0.717) is 10.8 Å². The molecule has 1 aliphatic rings. The molecule has 0 aromatic carbocycles. The molecule has 0 aromatic rings. The molecule has 0 amide bonds. The highest BCUT2D eigenvalue weighted by Crippen LogP contribution is 2.50. The average molecular weight is 253 g/mol. The minimum Gasteiger partial charge on any atom is -0.325 e. The largest absolute Gasteiger partial charge is 0.325 e. The van der Waals surface area contributed by atoms with E-state index < -0.39 is 0 Å². The minimum atomic E-state index is 0.0947. The molecule has 0 bridgehead atoms. The fourth-order valence-electron chi connectivity index (χ4n) is 4.65. The van der Waals surface area contributed by atoms with Crippen LogP contribution in [0.25, 0.3) is 0 Å². The van der Waals surface area contributed by atoms with Crippen LogP contribution in [-0.4, -0.2) is 5.54 Å². The third-order valence-electron chi connectivity index (χ3n) is 4.40. The Kier molecular flexibility index (Phi) is 5.29. The minimum absolute atomic E-state index is 0.0947. The summed E-state index contributed by atoms with van der Waals surface area (Å²) >= 11 is 0. The van der Waals surface area contributed by atoms with Crippen LogP contribution < -0.4 is 5.73 Å². The maximum absolute atomic E-state index is 6.73. The lowest BCUT2D eigenvalue weighted by Crippen LogP contribution is -2.52. The fourth-order valence-corrected chi connectivity index (χ4v) is 4.65. The van der Waals surface area contributed by atoms with Gasteiger partial charge in [0.25, 0.3) is 0 Å². The van der Waals surface area contributed by atoms with E-state index in [4.69, 9.17) is 5.73 Å². The Labute approximate surface area is 115 Å². The van der Waals surface area contributed by atoms with Crippen LogP contribution in [0.2, 0.25) is 0 Å². The maximum Gasteiger partial charge on any atom is 0.0164 e. The van der Waals surface area contributed by atoms with E-state index in [9.17, 15) is 0 Å². The summed E-state index contributed by atoms with van der Waals surface area (Å²) in [4.78, 5) is 0. The van der Waals surface area contributed by atoms with Crippen LogP contribution in [0, 0.1) is 10.8 Å². The molecule has 1 saturated carbocycles. The zero-order valence-corrected chi connectivity index (χ0v) is 13.4.